The summed E-state index contributed by atoms with van der Waals surface area (Å²) in [4.78, 5) is 16.3. The molecule has 1 aromatic heterocycles. The summed E-state index contributed by atoms with van der Waals surface area (Å²) in [5, 5.41) is 13.2. The third-order valence-corrected chi connectivity index (χ3v) is 5.54. The maximum absolute atomic E-state index is 12.5. The summed E-state index contributed by atoms with van der Waals surface area (Å²) in [6, 6.07) is 8.90. The van der Waals surface area contributed by atoms with Gasteiger partial charge in [0.05, 0.1) is 9.92 Å². The van der Waals surface area contributed by atoms with Crippen LogP contribution in [0.1, 0.15) is 5.56 Å². The second kappa shape index (κ2) is 5.81. The smallest absolute Gasteiger partial charge is 0.277 e. The van der Waals surface area contributed by atoms with Crippen molar-refractivity contribution in [3.63, 3.8) is 0 Å². The van der Waals surface area contributed by atoms with Gasteiger partial charge in [0.25, 0.3) is 15.9 Å². The number of nitrogens with zero attached hydrogens (tertiary/aromatic N) is 2. The molecule has 7 nitrogen and oxygen atoms in total. The summed E-state index contributed by atoms with van der Waals surface area (Å²) in [5.74, 6) is -1.05. The van der Waals surface area contributed by atoms with Crippen molar-refractivity contribution in [1.29, 1.82) is 0 Å². The molecule has 9 heteroatoms. The summed E-state index contributed by atoms with van der Waals surface area (Å²) in [6.45, 7) is 0. The van der Waals surface area contributed by atoms with Crippen LogP contribution in [0, 0.1) is 0 Å². The van der Waals surface area contributed by atoms with E-state index in [1.54, 1.807) is 12.1 Å². The van der Waals surface area contributed by atoms with Crippen LogP contribution in [-0.4, -0.2) is 35.8 Å². The monoisotopic (exact) mass is 365 g/mol. The molecule has 2 heterocycles. The van der Waals surface area contributed by atoms with Crippen LogP contribution in [0.4, 0.5) is 5.82 Å². The molecule has 0 bridgehead atoms. The summed E-state index contributed by atoms with van der Waals surface area (Å²) in [7, 11) is -2.73. The lowest BCUT2D eigenvalue weighted by molar-refractivity contribution is -0.113. The number of hydrogen-bond acceptors (Lipinski definition) is 5. The number of halogens is 1. The lowest BCUT2D eigenvalue weighted by Gasteiger charge is -2.28. The fourth-order valence-corrected chi connectivity index (χ4v) is 3.82. The predicted octanol–water partition coefficient (Wildman–Crippen LogP) is 2.23. The summed E-state index contributed by atoms with van der Waals surface area (Å²) >= 11 is 5.72. The van der Waals surface area contributed by atoms with E-state index in [9.17, 15) is 18.3 Å². The number of pyridine rings is 1. The molecule has 3 rings (SSSR count). The highest BCUT2D eigenvalue weighted by atomic mass is 35.5. The van der Waals surface area contributed by atoms with Gasteiger partial charge in [-0.3, -0.25) is 9.10 Å². The molecule has 0 atom stereocenters. The largest absolute Gasteiger partial charge is 0.505 e. The third-order valence-electron chi connectivity index (χ3n) is 3.50. The van der Waals surface area contributed by atoms with Crippen molar-refractivity contribution in [3.05, 3.63) is 58.9 Å². The molecule has 1 aliphatic heterocycles. The van der Waals surface area contributed by atoms with Gasteiger partial charge in [-0.05, 0) is 24.3 Å². The molecule has 0 unspecified atom stereocenters. The lowest BCUT2D eigenvalue weighted by Crippen LogP contribution is -2.37. The van der Waals surface area contributed by atoms with Crippen LogP contribution in [0.3, 0.4) is 0 Å². The molecule has 1 aliphatic rings. The molecule has 2 aromatic rings. The zero-order valence-electron chi connectivity index (χ0n) is 12.4. The van der Waals surface area contributed by atoms with Gasteiger partial charge in [0.15, 0.2) is 11.5 Å². The molecule has 0 radical (unpaired) electrons. The quantitative estimate of drug-likeness (QED) is 0.850. The fourth-order valence-electron chi connectivity index (χ4n) is 2.31. The van der Waals surface area contributed by atoms with Crippen molar-refractivity contribution in [2.75, 3.05) is 12.4 Å². The number of carbonyl (C=O) groups excluding carboxylic acids is 1. The SMILES string of the molecule is CN1C(C(=O)Nc2ccc(Cl)cn2)=C(O)c2ccccc2S1(=O)=O. The Hall–Kier alpha value is -2.58. The Morgan fingerprint density at radius 3 is 2.62 bits per heavy atom. The molecule has 0 saturated carbocycles. The van der Waals surface area contributed by atoms with Gasteiger partial charge in [-0.25, -0.2) is 13.4 Å². The predicted molar refractivity (Wildman–Crippen MR) is 88.8 cm³/mol. The number of carbonyl (C=O) groups is 1. The van der Waals surface area contributed by atoms with E-state index >= 15 is 0 Å². The van der Waals surface area contributed by atoms with Gasteiger partial charge < -0.3 is 10.4 Å². The minimum atomic E-state index is -3.93. The first-order valence-electron chi connectivity index (χ1n) is 6.77. The van der Waals surface area contributed by atoms with Gasteiger partial charge in [0.1, 0.15) is 5.82 Å². The van der Waals surface area contributed by atoms with Gasteiger partial charge in [-0.15, -0.1) is 0 Å². The number of fused-ring (bicyclic) bond motifs is 1. The normalized spacial score (nSPS) is 15.8. The van der Waals surface area contributed by atoms with Crippen LogP contribution >= 0.6 is 11.6 Å². The minimum Gasteiger partial charge on any atom is -0.505 e. The Balaban J connectivity index is 2.06. The molecule has 0 spiro atoms. The first-order chi connectivity index (χ1) is 11.3. The Morgan fingerprint density at radius 1 is 1.25 bits per heavy atom. The van der Waals surface area contributed by atoms with Crippen LogP contribution in [-0.2, 0) is 14.8 Å². The van der Waals surface area contributed by atoms with Gasteiger partial charge in [0.2, 0.25) is 0 Å². The van der Waals surface area contributed by atoms with E-state index < -0.39 is 21.7 Å². The van der Waals surface area contributed by atoms with Crippen LogP contribution in [0.5, 0.6) is 0 Å². The van der Waals surface area contributed by atoms with E-state index in [0.717, 1.165) is 4.31 Å². The van der Waals surface area contributed by atoms with Crippen molar-refractivity contribution in [1.82, 2.24) is 9.29 Å². The van der Waals surface area contributed by atoms with Gasteiger partial charge in [-0.2, -0.15) is 0 Å². The van der Waals surface area contributed by atoms with Crippen LogP contribution in [0.2, 0.25) is 5.02 Å². The van der Waals surface area contributed by atoms with Crippen molar-refractivity contribution < 1.29 is 18.3 Å². The lowest BCUT2D eigenvalue weighted by atomic mass is 10.1. The average Bonchev–Trinajstić information content (AvgIpc) is 2.56. The topological polar surface area (TPSA) is 99.6 Å². The Bertz CT molecular complexity index is 955. The number of benzene rings is 1. The first kappa shape index (κ1) is 16.3. The molecule has 124 valence electrons. The second-order valence-electron chi connectivity index (χ2n) is 4.98. The van der Waals surface area contributed by atoms with E-state index in [1.165, 1.54) is 37.5 Å². The number of aliphatic hydroxyl groups excluding tert-OH is 1. The Kier molecular flexibility index (Phi) is 3.94. The first-order valence-corrected chi connectivity index (χ1v) is 8.58. The van der Waals surface area contributed by atoms with E-state index in [-0.39, 0.29) is 22.0 Å². The van der Waals surface area contributed by atoms with Crippen molar-refractivity contribution in [2.45, 2.75) is 4.90 Å². The maximum Gasteiger partial charge on any atom is 0.277 e. The molecule has 2 N–H and O–H groups in total. The Morgan fingerprint density at radius 2 is 1.96 bits per heavy atom. The van der Waals surface area contributed by atoms with Gasteiger partial charge in [0, 0.05) is 18.8 Å². The average molecular weight is 366 g/mol. The summed E-state index contributed by atoms with van der Waals surface area (Å²) in [5.41, 5.74) is -0.310. The van der Waals surface area contributed by atoms with Crippen LogP contribution in [0.15, 0.2) is 53.2 Å². The molecule has 0 saturated heterocycles. The zero-order chi connectivity index (χ0) is 17.5. The molecule has 0 aliphatic carbocycles. The Labute approximate surface area is 143 Å². The number of aliphatic hydroxyl groups is 1. The molecular weight excluding hydrogens is 354 g/mol. The van der Waals surface area contributed by atoms with Crippen molar-refractivity contribution in [3.8, 4) is 0 Å². The number of likely N-dealkylation sites (N-methyl/N-ethyl adjacent to an activating group) is 1. The maximum atomic E-state index is 12.5. The molecule has 24 heavy (non-hydrogen) atoms. The molecular formula is C15H12ClN3O4S. The number of anilines is 1. The van der Waals surface area contributed by atoms with Gasteiger partial charge in [-0.1, -0.05) is 23.7 Å². The number of hydrogen-bond donors (Lipinski definition) is 2. The van der Waals surface area contributed by atoms with E-state index in [2.05, 4.69) is 10.3 Å². The number of nitrogens with one attached hydrogen (secondary N) is 1. The molecule has 1 amide bonds. The number of aromatic nitrogens is 1. The summed E-state index contributed by atoms with van der Waals surface area (Å²) in [6.07, 6.45) is 1.34. The number of sulfonamides is 1. The van der Waals surface area contributed by atoms with E-state index in [0.29, 0.717) is 5.02 Å². The highest BCUT2D eigenvalue weighted by Gasteiger charge is 2.37. The number of amides is 1. The zero-order valence-corrected chi connectivity index (χ0v) is 14.0. The molecule has 0 fully saturated rings. The summed E-state index contributed by atoms with van der Waals surface area (Å²) < 4.78 is 25.8. The van der Waals surface area contributed by atoms with E-state index in [4.69, 9.17) is 11.6 Å². The van der Waals surface area contributed by atoms with Crippen molar-refractivity contribution in [2.24, 2.45) is 0 Å². The third kappa shape index (κ3) is 2.59. The van der Waals surface area contributed by atoms with E-state index in [1.807, 2.05) is 0 Å². The second-order valence-corrected chi connectivity index (χ2v) is 7.36. The standard InChI is InChI=1S/C15H12ClN3O4S/c1-19-13(15(21)18-12-7-6-9(16)8-17-12)14(20)10-4-2-3-5-11(10)24(19,22)23/h2-8,20H,1H3,(H,17,18,21). The molecule has 1 aromatic carbocycles. The fraction of sp³-hybridized carbons (Fsp3) is 0.0667. The minimum absolute atomic E-state index is 0.0637. The van der Waals surface area contributed by atoms with Crippen LogP contribution < -0.4 is 5.32 Å². The van der Waals surface area contributed by atoms with Gasteiger partial charge >= 0.3 is 0 Å². The van der Waals surface area contributed by atoms with Crippen LogP contribution in [0.25, 0.3) is 5.76 Å². The highest BCUT2D eigenvalue weighted by Crippen LogP contribution is 2.34. The van der Waals surface area contributed by atoms with Crippen molar-refractivity contribution >= 4 is 39.1 Å². The number of rotatable bonds is 2. The highest BCUT2D eigenvalue weighted by molar-refractivity contribution is 7.89.